The number of benzene rings is 1. The summed E-state index contributed by atoms with van der Waals surface area (Å²) < 4.78 is 38.1. The first kappa shape index (κ1) is 12.5. The van der Waals surface area contributed by atoms with Gasteiger partial charge < -0.3 is 10.0 Å². The molecular weight excluding hydrogens is 252 g/mol. The number of hydrogen-bond donors (Lipinski definition) is 2. The van der Waals surface area contributed by atoms with Crippen LogP contribution in [0, 0.1) is 0 Å². The number of rotatable bonds is 2. The maximum absolute atomic E-state index is 12.5. The zero-order valence-corrected chi connectivity index (χ0v) is 8.70. The molecular formula is C8H6BF3N4O2. The molecule has 0 saturated carbocycles. The zero-order chi connectivity index (χ0) is 13.3. The van der Waals surface area contributed by atoms with Gasteiger partial charge in [-0.1, -0.05) is 12.1 Å². The van der Waals surface area contributed by atoms with E-state index >= 15 is 0 Å². The minimum Gasteiger partial charge on any atom is -0.423 e. The summed E-state index contributed by atoms with van der Waals surface area (Å²) in [5.41, 5.74) is 0.220. The molecule has 1 heterocycles. The number of aromatic nitrogens is 4. The number of tetrazole rings is 1. The van der Waals surface area contributed by atoms with E-state index in [9.17, 15) is 13.2 Å². The average Bonchev–Trinajstić information content (AvgIpc) is 2.77. The van der Waals surface area contributed by atoms with Crippen LogP contribution in [0.25, 0.3) is 5.69 Å². The molecule has 0 aliphatic rings. The van der Waals surface area contributed by atoms with Crippen molar-refractivity contribution in [2.24, 2.45) is 0 Å². The molecule has 0 radical (unpaired) electrons. The van der Waals surface area contributed by atoms with Crippen LogP contribution in [0.1, 0.15) is 5.82 Å². The predicted molar refractivity (Wildman–Crippen MR) is 54.0 cm³/mol. The molecule has 0 aliphatic heterocycles. The van der Waals surface area contributed by atoms with Crippen LogP contribution in [-0.2, 0) is 6.18 Å². The first-order chi connectivity index (χ1) is 8.39. The van der Waals surface area contributed by atoms with Crippen molar-refractivity contribution < 1.29 is 23.2 Å². The number of halogens is 3. The highest BCUT2D eigenvalue weighted by Gasteiger charge is 2.38. The second-order valence-electron chi connectivity index (χ2n) is 3.38. The minimum atomic E-state index is -4.67. The summed E-state index contributed by atoms with van der Waals surface area (Å²) in [6, 6.07) is 5.03. The average molecular weight is 258 g/mol. The van der Waals surface area contributed by atoms with E-state index in [2.05, 4.69) is 15.5 Å². The van der Waals surface area contributed by atoms with Crippen LogP contribution in [-0.4, -0.2) is 37.4 Å². The molecule has 0 spiro atoms. The van der Waals surface area contributed by atoms with Crippen molar-refractivity contribution in [2.75, 3.05) is 0 Å². The van der Waals surface area contributed by atoms with E-state index in [4.69, 9.17) is 10.0 Å². The maximum atomic E-state index is 12.5. The van der Waals surface area contributed by atoms with Gasteiger partial charge in [0.05, 0.1) is 5.69 Å². The molecule has 10 heteroatoms. The second kappa shape index (κ2) is 4.39. The van der Waals surface area contributed by atoms with E-state index in [1.807, 2.05) is 0 Å². The Kier molecular flexibility index (Phi) is 3.05. The van der Waals surface area contributed by atoms with Gasteiger partial charge in [0.2, 0.25) is 0 Å². The highest BCUT2D eigenvalue weighted by Crippen LogP contribution is 2.27. The molecule has 2 N–H and O–H groups in total. The highest BCUT2D eigenvalue weighted by molar-refractivity contribution is 6.58. The molecule has 18 heavy (non-hydrogen) atoms. The van der Waals surface area contributed by atoms with Crippen molar-refractivity contribution in [3.8, 4) is 5.69 Å². The van der Waals surface area contributed by atoms with E-state index < -0.39 is 19.1 Å². The van der Waals surface area contributed by atoms with Crippen LogP contribution in [0.3, 0.4) is 0 Å². The second-order valence-corrected chi connectivity index (χ2v) is 3.38. The number of hydrogen-bond acceptors (Lipinski definition) is 5. The molecule has 6 nitrogen and oxygen atoms in total. The summed E-state index contributed by atoms with van der Waals surface area (Å²) in [6.07, 6.45) is -4.67. The lowest BCUT2D eigenvalue weighted by Crippen LogP contribution is -2.29. The Bertz CT molecular complexity index is 540. The molecule has 0 aliphatic carbocycles. The highest BCUT2D eigenvalue weighted by atomic mass is 19.4. The largest absolute Gasteiger partial charge is 0.488 e. The third kappa shape index (κ3) is 2.34. The van der Waals surface area contributed by atoms with Crippen LogP contribution in [0.4, 0.5) is 13.2 Å². The lowest BCUT2D eigenvalue weighted by atomic mass is 9.80. The van der Waals surface area contributed by atoms with E-state index in [0.29, 0.717) is 4.68 Å². The quantitative estimate of drug-likeness (QED) is 0.700. The monoisotopic (exact) mass is 258 g/mol. The van der Waals surface area contributed by atoms with Crippen molar-refractivity contribution in [3.63, 3.8) is 0 Å². The van der Waals surface area contributed by atoms with Gasteiger partial charge in [0, 0.05) is 0 Å². The van der Waals surface area contributed by atoms with Crippen LogP contribution < -0.4 is 5.46 Å². The predicted octanol–water partition coefficient (Wildman–Crippen LogP) is -0.639. The van der Waals surface area contributed by atoms with Gasteiger partial charge in [0.15, 0.2) is 0 Å². The van der Waals surface area contributed by atoms with E-state index in [0.717, 1.165) is 0 Å². The van der Waals surface area contributed by atoms with E-state index in [-0.39, 0.29) is 11.2 Å². The smallest absolute Gasteiger partial charge is 0.423 e. The summed E-state index contributed by atoms with van der Waals surface area (Å²) in [4.78, 5) is 0. The molecule has 0 amide bonds. The van der Waals surface area contributed by atoms with Crippen molar-refractivity contribution in [1.82, 2.24) is 20.2 Å². The van der Waals surface area contributed by atoms with Gasteiger partial charge in [0.1, 0.15) is 0 Å². The van der Waals surface area contributed by atoms with Gasteiger partial charge in [0.25, 0.3) is 5.82 Å². The third-order valence-corrected chi connectivity index (χ3v) is 2.16. The molecule has 0 bridgehead atoms. The molecule has 2 aromatic rings. The third-order valence-electron chi connectivity index (χ3n) is 2.16. The summed E-state index contributed by atoms with van der Waals surface area (Å²) in [7, 11) is -1.69. The Balaban J connectivity index is 2.41. The molecule has 0 atom stereocenters. The van der Waals surface area contributed by atoms with E-state index in [1.165, 1.54) is 24.3 Å². The minimum absolute atomic E-state index is 0.0664. The maximum Gasteiger partial charge on any atom is 0.488 e. The normalized spacial score (nSPS) is 11.6. The van der Waals surface area contributed by atoms with Crippen LogP contribution >= 0.6 is 0 Å². The molecule has 2 rings (SSSR count). The molecule has 0 saturated heterocycles. The number of nitrogens with zero attached hydrogens (tertiary/aromatic N) is 4. The Labute approximate surface area is 98.8 Å². The van der Waals surface area contributed by atoms with Crippen molar-refractivity contribution in [2.45, 2.75) is 6.18 Å². The topological polar surface area (TPSA) is 84.1 Å². The fraction of sp³-hybridized carbons (Fsp3) is 0.125. The van der Waals surface area contributed by atoms with Crippen LogP contribution in [0.2, 0.25) is 0 Å². The van der Waals surface area contributed by atoms with Gasteiger partial charge in [-0.05, 0) is 28.0 Å². The lowest BCUT2D eigenvalue weighted by molar-refractivity contribution is -0.146. The Morgan fingerprint density at radius 1 is 1.11 bits per heavy atom. The van der Waals surface area contributed by atoms with Gasteiger partial charge in [-0.15, -0.1) is 5.10 Å². The molecule has 1 aromatic heterocycles. The van der Waals surface area contributed by atoms with Gasteiger partial charge >= 0.3 is 13.3 Å². The first-order valence-corrected chi connectivity index (χ1v) is 4.71. The standard InChI is InChI=1S/C8H6BF3N4O2/c10-8(11,12)7-13-14-15-16(7)6-3-1-5(2-4-6)9(17)18/h1-4,17-18H. The van der Waals surface area contributed by atoms with Crippen molar-refractivity contribution in [1.29, 1.82) is 0 Å². The first-order valence-electron chi connectivity index (χ1n) is 4.71. The van der Waals surface area contributed by atoms with Crippen LogP contribution in [0.5, 0.6) is 0 Å². The Hall–Kier alpha value is -1.94. The van der Waals surface area contributed by atoms with Crippen molar-refractivity contribution >= 4 is 12.6 Å². The molecule has 0 fully saturated rings. The fourth-order valence-corrected chi connectivity index (χ4v) is 1.33. The number of alkyl halides is 3. The van der Waals surface area contributed by atoms with Gasteiger partial charge in [-0.3, -0.25) is 0 Å². The molecule has 94 valence electrons. The summed E-state index contributed by atoms with van der Waals surface area (Å²) in [5, 5.41) is 26.8. The molecule has 1 aromatic carbocycles. The Morgan fingerprint density at radius 3 is 2.22 bits per heavy atom. The van der Waals surface area contributed by atoms with Crippen molar-refractivity contribution in [3.05, 3.63) is 30.1 Å². The fourth-order valence-electron chi connectivity index (χ4n) is 1.33. The SMILES string of the molecule is OB(O)c1ccc(-n2nnnc2C(F)(F)F)cc1. The van der Waals surface area contributed by atoms with E-state index in [1.54, 1.807) is 0 Å². The van der Waals surface area contributed by atoms with Crippen LogP contribution in [0.15, 0.2) is 24.3 Å². The molecule has 0 unspecified atom stereocenters. The summed E-state index contributed by atoms with van der Waals surface area (Å²) >= 11 is 0. The zero-order valence-electron chi connectivity index (χ0n) is 8.70. The van der Waals surface area contributed by atoms with Gasteiger partial charge in [-0.25, -0.2) is 0 Å². The summed E-state index contributed by atoms with van der Waals surface area (Å²) in [6.45, 7) is 0. The van der Waals surface area contributed by atoms with Gasteiger partial charge in [-0.2, -0.15) is 17.9 Å². The Morgan fingerprint density at radius 2 is 1.72 bits per heavy atom. The summed E-state index contributed by atoms with van der Waals surface area (Å²) in [5.74, 6) is -1.25. The lowest BCUT2D eigenvalue weighted by Gasteiger charge is -2.07.